The number of hydrogen-bond acceptors (Lipinski definition) is 5. The lowest BCUT2D eigenvalue weighted by molar-refractivity contribution is -0.00834. The molecule has 0 bridgehead atoms. The number of ether oxygens (including phenoxy) is 2. The first-order valence-electron chi connectivity index (χ1n) is 8.99. The largest absolute Gasteiger partial charge is 0.467 e. The van der Waals surface area contributed by atoms with Crippen LogP contribution in [0.3, 0.4) is 0 Å². The number of furan rings is 1. The van der Waals surface area contributed by atoms with Crippen LogP contribution < -0.4 is 10.6 Å². The van der Waals surface area contributed by atoms with Gasteiger partial charge in [-0.2, -0.15) is 0 Å². The topological polar surface area (TPSA) is 71.3 Å². The first-order valence-corrected chi connectivity index (χ1v) is 8.99. The summed E-state index contributed by atoms with van der Waals surface area (Å²) in [6.07, 6.45) is 2.57. The first kappa shape index (κ1) is 23.2. The van der Waals surface area contributed by atoms with Crippen molar-refractivity contribution in [2.24, 2.45) is 4.99 Å². The summed E-state index contributed by atoms with van der Waals surface area (Å²) in [7, 11) is 1.80. The van der Waals surface area contributed by atoms with Crippen LogP contribution in [0.15, 0.2) is 27.8 Å². The van der Waals surface area contributed by atoms with Gasteiger partial charge in [-0.25, -0.2) is 0 Å². The van der Waals surface area contributed by atoms with Gasteiger partial charge < -0.3 is 24.5 Å². The number of rotatable bonds is 9. The Bertz CT molecular complexity index is 503. The Morgan fingerprint density at radius 2 is 2.08 bits per heavy atom. The van der Waals surface area contributed by atoms with Crippen LogP contribution in [0, 0.1) is 0 Å². The van der Waals surface area contributed by atoms with Gasteiger partial charge in [0, 0.05) is 45.4 Å². The fourth-order valence-electron chi connectivity index (χ4n) is 2.75. The van der Waals surface area contributed by atoms with Crippen molar-refractivity contribution in [1.82, 2.24) is 15.5 Å². The zero-order chi connectivity index (χ0) is 18.0. The van der Waals surface area contributed by atoms with Gasteiger partial charge in [-0.1, -0.05) is 0 Å². The molecular weight excluding hydrogens is 447 g/mol. The second kappa shape index (κ2) is 12.5. The molecule has 0 aromatic carbocycles. The van der Waals surface area contributed by atoms with E-state index in [1.54, 1.807) is 13.3 Å². The highest BCUT2D eigenvalue weighted by Gasteiger charge is 2.28. The van der Waals surface area contributed by atoms with Crippen LogP contribution in [0.1, 0.15) is 26.0 Å². The number of halogens is 1. The summed E-state index contributed by atoms with van der Waals surface area (Å²) in [6, 6.07) is 3.79. The molecule has 0 aliphatic carbocycles. The fourth-order valence-corrected chi connectivity index (χ4v) is 2.75. The van der Waals surface area contributed by atoms with Crippen LogP contribution in [-0.4, -0.2) is 69.4 Å². The minimum Gasteiger partial charge on any atom is -0.467 e. The van der Waals surface area contributed by atoms with E-state index in [1.807, 2.05) is 12.1 Å². The predicted molar refractivity (Wildman–Crippen MR) is 114 cm³/mol. The van der Waals surface area contributed by atoms with Gasteiger partial charge in [0.2, 0.25) is 0 Å². The van der Waals surface area contributed by atoms with Crippen LogP contribution in [0.5, 0.6) is 0 Å². The maximum absolute atomic E-state index is 5.57. The molecule has 7 nitrogen and oxygen atoms in total. The van der Waals surface area contributed by atoms with Gasteiger partial charge in [0.1, 0.15) is 12.4 Å². The van der Waals surface area contributed by atoms with Crippen molar-refractivity contribution in [3.05, 3.63) is 24.2 Å². The summed E-state index contributed by atoms with van der Waals surface area (Å²) in [5.41, 5.74) is 0.0630. The van der Waals surface area contributed by atoms with Crippen molar-refractivity contribution in [1.29, 1.82) is 0 Å². The van der Waals surface area contributed by atoms with E-state index in [9.17, 15) is 0 Å². The van der Waals surface area contributed by atoms with E-state index in [4.69, 9.17) is 13.9 Å². The summed E-state index contributed by atoms with van der Waals surface area (Å²) >= 11 is 0. The zero-order valence-electron chi connectivity index (χ0n) is 16.1. The molecular formula is C18H33IN4O3. The summed E-state index contributed by atoms with van der Waals surface area (Å²) in [5.74, 6) is 1.68. The van der Waals surface area contributed by atoms with Crippen LogP contribution in [0.4, 0.5) is 0 Å². The van der Waals surface area contributed by atoms with Gasteiger partial charge >= 0.3 is 0 Å². The minimum atomic E-state index is 0. The molecule has 1 aliphatic heterocycles. The van der Waals surface area contributed by atoms with E-state index in [0.717, 1.165) is 57.5 Å². The van der Waals surface area contributed by atoms with E-state index < -0.39 is 0 Å². The normalized spacial score (nSPS) is 16.2. The molecule has 1 aromatic heterocycles. The standard InChI is InChI=1S/C18H32N4O3.HI/c1-18(2,22-8-12-23-13-9-22)15-21-17(19-3)20-7-5-10-24-14-16-6-4-11-25-16;/h4,6,11H,5,7-10,12-15H2,1-3H3,(H2,19,20,21);1H. The van der Waals surface area contributed by atoms with Gasteiger partial charge in [-0.15, -0.1) is 24.0 Å². The number of hydrogen-bond donors (Lipinski definition) is 2. The van der Waals surface area contributed by atoms with Gasteiger partial charge in [-0.3, -0.25) is 9.89 Å². The summed E-state index contributed by atoms with van der Waals surface area (Å²) < 4.78 is 16.2. The van der Waals surface area contributed by atoms with Crippen molar-refractivity contribution in [3.63, 3.8) is 0 Å². The maximum atomic E-state index is 5.57. The summed E-state index contributed by atoms with van der Waals surface area (Å²) in [6.45, 7) is 10.9. The Kier molecular flexibility index (Phi) is 11.2. The Balaban J connectivity index is 0.00000338. The molecule has 1 aliphatic rings. The lowest BCUT2D eigenvalue weighted by atomic mass is 10.0. The van der Waals surface area contributed by atoms with E-state index in [0.29, 0.717) is 13.2 Å². The van der Waals surface area contributed by atoms with E-state index in [-0.39, 0.29) is 29.5 Å². The van der Waals surface area contributed by atoms with Gasteiger partial charge in [0.15, 0.2) is 5.96 Å². The second-order valence-electron chi connectivity index (χ2n) is 6.75. The van der Waals surface area contributed by atoms with E-state index in [2.05, 4.69) is 34.4 Å². The molecule has 1 aromatic rings. The fraction of sp³-hybridized carbons (Fsp3) is 0.722. The predicted octanol–water partition coefficient (Wildman–Crippen LogP) is 2.08. The third kappa shape index (κ3) is 8.24. The average Bonchev–Trinajstić information content (AvgIpc) is 3.14. The van der Waals surface area contributed by atoms with Crippen LogP contribution in [-0.2, 0) is 16.1 Å². The number of nitrogens with one attached hydrogen (secondary N) is 2. The van der Waals surface area contributed by atoms with Crippen molar-refractivity contribution in [3.8, 4) is 0 Å². The summed E-state index contributed by atoms with van der Waals surface area (Å²) in [5, 5.41) is 6.75. The SMILES string of the molecule is CN=C(NCCCOCc1ccco1)NCC(C)(C)N1CCOCC1.I. The van der Waals surface area contributed by atoms with Crippen molar-refractivity contribution >= 4 is 29.9 Å². The number of aliphatic imine (C=N–C) groups is 1. The smallest absolute Gasteiger partial charge is 0.191 e. The number of nitrogens with zero attached hydrogens (tertiary/aromatic N) is 2. The second-order valence-corrected chi connectivity index (χ2v) is 6.75. The lowest BCUT2D eigenvalue weighted by Crippen LogP contribution is -2.56. The molecule has 2 N–H and O–H groups in total. The number of morpholine rings is 1. The van der Waals surface area contributed by atoms with E-state index >= 15 is 0 Å². The Morgan fingerprint density at radius 3 is 2.73 bits per heavy atom. The third-order valence-electron chi connectivity index (χ3n) is 4.36. The maximum Gasteiger partial charge on any atom is 0.191 e. The van der Waals surface area contributed by atoms with Crippen LogP contribution >= 0.6 is 24.0 Å². The van der Waals surface area contributed by atoms with Gasteiger partial charge in [0.25, 0.3) is 0 Å². The molecule has 2 rings (SSSR count). The monoisotopic (exact) mass is 480 g/mol. The molecule has 1 saturated heterocycles. The quantitative estimate of drug-likeness (QED) is 0.244. The van der Waals surface area contributed by atoms with Crippen molar-refractivity contribution < 1.29 is 13.9 Å². The molecule has 0 spiro atoms. The molecule has 1 fully saturated rings. The van der Waals surface area contributed by atoms with Crippen LogP contribution in [0.2, 0.25) is 0 Å². The van der Waals surface area contributed by atoms with E-state index in [1.165, 1.54) is 0 Å². The highest BCUT2D eigenvalue weighted by Crippen LogP contribution is 2.14. The molecule has 2 heterocycles. The first-order chi connectivity index (χ1) is 12.1. The van der Waals surface area contributed by atoms with Crippen molar-refractivity contribution in [2.75, 3.05) is 53.0 Å². The molecule has 0 amide bonds. The lowest BCUT2D eigenvalue weighted by Gasteiger charge is -2.41. The molecule has 0 atom stereocenters. The molecule has 26 heavy (non-hydrogen) atoms. The summed E-state index contributed by atoms with van der Waals surface area (Å²) in [4.78, 5) is 6.75. The minimum absolute atomic E-state index is 0. The molecule has 8 heteroatoms. The Labute approximate surface area is 173 Å². The Hall–Kier alpha value is -0.840. The van der Waals surface area contributed by atoms with Crippen molar-refractivity contribution in [2.45, 2.75) is 32.4 Å². The third-order valence-corrected chi connectivity index (χ3v) is 4.36. The van der Waals surface area contributed by atoms with Gasteiger partial charge in [0.05, 0.1) is 19.5 Å². The Morgan fingerprint density at radius 1 is 1.31 bits per heavy atom. The van der Waals surface area contributed by atoms with Crippen LogP contribution in [0.25, 0.3) is 0 Å². The van der Waals surface area contributed by atoms with Gasteiger partial charge in [-0.05, 0) is 32.4 Å². The average molecular weight is 480 g/mol. The molecule has 0 unspecified atom stereocenters. The molecule has 0 radical (unpaired) electrons. The highest BCUT2D eigenvalue weighted by molar-refractivity contribution is 14.0. The molecule has 150 valence electrons. The zero-order valence-corrected chi connectivity index (χ0v) is 18.5. The number of guanidine groups is 1. The molecule has 0 saturated carbocycles. The highest BCUT2D eigenvalue weighted by atomic mass is 127.